The first-order valence-electron chi connectivity index (χ1n) is 7.14. The maximum atomic E-state index is 13.9. The number of halogens is 1. The highest BCUT2D eigenvalue weighted by Gasteiger charge is 2.16. The summed E-state index contributed by atoms with van der Waals surface area (Å²) in [5.74, 6) is -0.152. The van der Waals surface area contributed by atoms with E-state index in [1.807, 2.05) is 24.0 Å². The second-order valence-electron chi connectivity index (χ2n) is 5.28. The number of aryl methyl sites for hydroxylation is 1. The Morgan fingerprint density at radius 1 is 1.43 bits per heavy atom. The standard InChI is InChI=1S/C16H22FN3S/c1-5-18-12(3)14-7-15(17)11(2)6-16(14)20(4)8-13-9-21-10-19-13/h6-7,9-10,12,18H,5,8H2,1-4H3. The van der Waals surface area contributed by atoms with Crippen LogP contribution >= 0.6 is 11.3 Å². The van der Waals surface area contributed by atoms with E-state index in [2.05, 4.69) is 29.0 Å². The van der Waals surface area contributed by atoms with Crippen LogP contribution in [0.4, 0.5) is 10.1 Å². The van der Waals surface area contributed by atoms with Crippen molar-refractivity contribution in [2.75, 3.05) is 18.5 Å². The van der Waals surface area contributed by atoms with Gasteiger partial charge in [-0.05, 0) is 43.7 Å². The lowest BCUT2D eigenvalue weighted by Crippen LogP contribution is -2.24. The topological polar surface area (TPSA) is 28.2 Å². The van der Waals surface area contributed by atoms with E-state index in [1.54, 1.807) is 24.3 Å². The highest BCUT2D eigenvalue weighted by molar-refractivity contribution is 7.07. The molecule has 114 valence electrons. The van der Waals surface area contributed by atoms with Crippen molar-refractivity contribution in [3.63, 3.8) is 0 Å². The van der Waals surface area contributed by atoms with Crippen molar-refractivity contribution in [1.29, 1.82) is 0 Å². The minimum absolute atomic E-state index is 0.109. The Hall–Kier alpha value is -1.46. The Kier molecular flexibility index (Phi) is 5.31. The van der Waals surface area contributed by atoms with Crippen LogP contribution < -0.4 is 10.2 Å². The largest absolute Gasteiger partial charge is 0.368 e. The van der Waals surface area contributed by atoms with Crippen LogP contribution in [0.15, 0.2) is 23.0 Å². The molecule has 0 saturated carbocycles. The van der Waals surface area contributed by atoms with Gasteiger partial charge in [-0.15, -0.1) is 11.3 Å². The van der Waals surface area contributed by atoms with E-state index < -0.39 is 0 Å². The molecule has 1 aromatic carbocycles. The van der Waals surface area contributed by atoms with E-state index >= 15 is 0 Å². The fraction of sp³-hybridized carbons (Fsp3) is 0.438. The Morgan fingerprint density at radius 2 is 2.19 bits per heavy atom. The summed E-state index contributed by atoms with van der Waals surface area (Å²) >= 11 is 1.59. The van der Waals surface area contributed by atoms with Gasteiger partial charge < -0.3 is 10.2 Å². The van der Waals surface area contributed by atoms with Gasteiger partial charge in [0.15, 0.2) is 0 Å². The van der Waals surface area contributed by atoms with Gasteiger partial charge in [0.25, 0.3) is 0 Å². The van der Waals surface area contributed by atoms with E-state index in [0.29, 0.717) is 5.56 Å². The van der Waals surface area contributed by atoms with Gasteiger partial charge in [0.2, 0.25) is 0 Å². The van der Waals surface area contributed by atoms with Gasteiger partial charge in [0.1, 0.15) is 5.82 Å². The van der Waals surface area contributed by atoms with Crippen LogP contribution in [-0.2, 0) is 6.54 Å². The summed E-state index contributed by atoms with van der Waals surface area (Å²) in [5, 5.41) is 5.40. The normalized spacial score (nSPS) is 12.4. The molecule has 1 unspecified atom stereocenters. The van der Waals surface area contributed by atoms with E-state index in [4.69, 9.17) is 0 Å². The van der Waals surface area contributed by atoms with E-state index in [-0.39, 0.29) is 11.9 Å². The van der Waals surface area contributed by atoms with E-state index in [9.17, 15) is 4.39 Å². The Bertz CT molecular complexity index is 583. The third-order valence-corrected chi connectivity index (χ3v) is 4.21. The number of nitrogens with one attached hydrogen (secondary N) is 1. The molecule has 3 nitrogen and oxygen atoms in total. The third kappa shape index (κ3) is 3.80. The molecule has 21 heavy (non-hydrogen) atoms. The Balaban J connectivity index is 2.33. The number of aromatic nitrogens is 1. The summed E-state index contributed by atoms with van der Waals surface area (Å²) in [7, 11) is 2.02. The molecule has 1 N–H and O–H groups in total. The fourth-order valence-corrected chi connectivity index (χ4v) is 2.97. The predicted molar refractivity (Wildman–Crippen MR) is 87.4 cm³/mol. The molecule has 0 amide bonds. The molecule has 2 rings (SSSR count). The second kappa shape index (κ2) is 7.00. The SMILES string of the molecule is CCNC(C)c1cc(F)c(C)cc1N(C)Cc1cscn1. The van der Waals surface area contributed by atoms with Crippen LogP contribution in [0.2, 0.25) is 0 Å². The summed E-state index contributed by atoms with van der Waals surface area (Å²) in [5.41, 5.74) is 5.57. The summed E-state index contributed by atoms with van der Waals surface area (Å²) in [6.07, 6.45) is 0. The Labute approximate surface area is 129 Å². The lowest BCUT2D eigenvalue weighted by molar-refractivity contribution is 0.578. The number of nitrogens with zero attached hydrogens (tertiary/aromatic N) is 2. The molecule has 0 aliphatic heterocycles. The number of rotatable bonds is 6. The predicted octanol–water partition coefficient (Wildman–Crippen LogP) is 3.90. The molecule has 2 aromatic rings. The zero-order chi connectivity index (χ0) is 15.4. The minimum atomic E-state index is -0.152. The van der Waals surface area contributed by atoms with Crippen molar-refractivity contribution >= 4 is 17.0 Å². The number of anilines is 1. The van der Waals surface area contributed by atoms with Gasteiger partial charge in [-0.1, -0.05) is 6.92 Å². The summed E-state index contributed by atoms with van der Waals surface area (Å²) in [6, 6.07) is 3.68. The molecule has 1 heterocycles. The third-order valence-electron chi connectivity index (χ3n) is 3.58. The van der Waals surface area contributed by atoms with Crippen LogP contribution in [0.3, 0.4) is 0 Å². The van der Waals surface area contributed by atoms with Crippen LogP contribution in [0.25, 0.3) is 0 Å². The molecule has 0 spiro atoms. The molecular formula is C16H22FN3S. The molecule has 1 aromatic heterocycles. The summed E-state index contributed by atoms with van der Waals surface area (Å²) in [4.78, 5) is 6.45. The first kappa shape index (κ1) is 15.9. The molecule has 0 saturated heterocycles. The highest BCUT2D eigenvalue weighted by Crippen LogP contribution is 2.29. The lowest BCUT2D eigenvalue weighted by Gasteiger charge is -2.26. The summed E-state index contributed by atoms with van der Waals surface area (Å²) in [6.45, 7) is 7.50. The number of hydrogen-bond donors (Lipinski definition) is 1. The molecule has 0 radical (unpaired) electrons. The van der Waals surface area contributed by atoms with Gasteiger partial charge in [0, 0.05) is 24.2 Å². The van der Waals surface area contributed by atoms with Gasteiger partial charge >= 0.3 is 0 Å². The van der Waals surface area contributed by atoms with Crippen molar-refractivity contribution in [3.05, 3.63) is 45.7 Å². The number of benzene rings is 1. The van der Waals surface area contributed by atoms with E-state index in [1.165, 1.54) is 0 Å². The smallest absolute Gasteiger partial charge is 0.126 e. The monoisotopic (exact) mass is 307 g/mol. The maximum Gasteiger partial charge on any atom is 0.126 e. The van der Waals surface area contributed by atoms with Crippen molar-refractivity contribution < 1.29 is 4.39 Å². The van der Waals surface area contributed by atoms with Crippen molar-refractivity contribution in [1.82, 2.24) is 10.3 Å². The fourth-order valence-electron chi connectivity index (χ4n) is 2.42. The molecule has 0 aliphatic carbocycles. The van der Waals surface area contributed by atoms with E-state index in [0.717, 1.165) is 30.0 Å². The molecule has 1 atom stereocenters. The van der Waals surface area contributed by atoms with Gasteiger partial charge in [-0.2, -0.15) is 0 Å². The lowest BCUT2D eigenvalue weighted by atomic mass is 10.0. The quantitative estimate of drug-likeness (QED) is 0.877. The van der Waals surface area contributed by atoms with Gasteiger partial charge in [0.05, 0.1) is 17.7 Å². The minimum Gasteiger partial charge on any atom is -0.368 e. The Morgan fingerprint density at radius 3 is 2.81 bits per heavy atom. The highest BCUT2D eigenvalue weighted by atomic mass is 32.1. The van der Waals surface area contributed by atoms with Crippen molar-refractivity contribution in [3.8, 4) is 0 Å². The van der Waals surface area contributed by atoms with Crippen molar-refractivity contribution in [2.45, 2.75) is 33.4 Å². The molecular weight excluding hydrogens is 285 g/mol. The first-order chi connectivity index (χ1) is 10.0. The zero-order valence-corrected chi connectivity index (χ0v) is 13.8. The van der Waals surface area contributed by atoms with Gasteiger partial charge in [-0.25, -0.2) is 9.37 Å². The van der Waals surface area contributed by atoms with Crippen LogP contribution in [0, 0.1) is 12.7 Å². The van der Waals surface area contributed by atoms with Gasteiger partial charge in [-0.3, -0.25) is 0 Å². The number of hydrogen-bond acceptors (Lipinski definition) is 4. The first-order valence-corrected chi connectivity index (χ1v) is 8.08. The molecule has 0 bridgehead atoms. The van der Waals surface area contributed by atoms with Crippen LogP contribution in [0.5, 0.6) is 0 Å². The van der Waals surface area contributed by atoms with Crippen molar-refractivity contribution in [2.24, 2.45) is 0 Å². The molecule has 0 aliphatic rings. The van der Waals surface area contributed by atoms with Crippen LogP contribution in [-0.4, -0.2) is 18.6 Å². The number of thiazole rings is 1. The average Bonchev–Trinajstić information content (AvgIpc) is 2.94. The molecule has 5 heteroatoms. The molecule has 0 fully saturated rings. The zero-order valence-electron chi connectivity index (χ0n) is 13.0. The second-order valence-corrected chi connectivity index (χ2v) is 5.99. The average molecular weight is 307 g/mol. The maximum absolute atomic E-state index is 13.9. The summed E-state index contributed by atoms with van der Waals surface area (Å²) < 4.78 is 13.9. The van der Waals surface area contributed by atoms with Crippen LogP contribution in [0.1, 0.15) is 36.7 Å².